The molecule has 6 heteroatoms. The second kappa shape index (κ2) is 9.62. The van der Waals surface area contributed by atoms with Crippen LogP contribution in [-0.2, 0) is 6.42 Å². The van der Waals surface area contributed by atoms with Crippen molar-refractivity contribution in [2.24, 2.45) is 0 Å². The Kier molecular flexibility index (Phi) is 6.57. The largest absolute Gasteiger partial charge is 0.489 e. The number of piperidine rings is 1. The van der Waals surface area contributed by atoms with Crippen molar-refractivity contribution in [2.45, 2.75) is 69.7 Å². The fraction of sp³-hybridized carbons (Fsp3) is 0.464. The first kappa shape index (κ1) is 23.2. The van der Waals surface area contributed by atoms with Crippen LogP contribution in [0.2, 0.25) is 5.02 Å². The number of hydrogen-bond donors (Lipinski definition) is 1. The molecule has 2 fully saturated rings. The van der Waals surface area contributed by atoms with Crippen LogP contribution in [-0.4, -0.2) is 53.8 Å². The molecule has 0 spiro atoms. The first-order chi connectivity index (χ1) is 16.4. The van der Waals surface area contributed by atoms with Crippen LogP contribution >= 0.6 is 11.6 Å². The van der Waals surface area contributed by atoms with Crippen LogP contribution in [0.3, 0.4) is 0 Å². The van der Waals surface area contributed by atoms with Crippen molar-refractivity contribution in [3.63, 3.8) is 0 Å². The third-order valence-corrected chi connectivity index (χ3v) is 7.83. The Balaban J connectivity index is 1.29. The first-order valence-electron chi connectivity index (χ1n) is 12.3. The van der Waals surface area contributed by atoms with Gasteiger partial charge in [-0.3, -0.25) is 4.79 Å². The van der Waals surface area contributed by atoms with Crippen molar-refractivity contribution in [1.82, 2.24) is 4.90 Å². The van der Waals surface area contributed by atoms with Gasteiger partial charge in [0.1, 0.15) is 18.0 Å². The second-order valence-electron chi connectivity index (χ2n) is 9.65. The molecule has 2 aromatic rings. The highest BCUT2D eigenvalue weighted by Gasteiger charge is 2.39. The van der Waals surface area contributed by atoms with Crippen molar-refractivity contribution >= 4 is 23.2 Å². The number of hydrogen-bond acceptors (Lipinski definition) is 4. The lowest BCUT2D eigenvalue weighted by Crippen LogP contribution is -2.43. The van der Waals surface area contributed by atoms with E-state index in [2.05, 4.69) is 23.8 Å². The number of fused-ring (bicyclic) bond motifs is 3. The van der Waals surface area contributed by atoms with E-state index in [1.807, 2.05) is 43.3 Å². The Morgan fingerprint density at radius 3 is 2.65 bits per heavy atom. The average Bonchev–Trinajstić information content (AvgIpc) is 3.04. The summed E-state index contributed by atoms with van der Waals surface area (Å²) in [4.78, 5) is 17.5. The average molecular weight is 479 g/mol. The number of anilines is 1. The van der Waals surface area contributed by atoms with E-state index in [4.69, 9.17) is 16.3 Å². The molecule has 0 radical (unpaired) electrons. The molecule has 3 aliphatic rings. The first-order valence-corrected chi connectivity index (χ1v) is 12.6. The third kappa shape index (κ3) is 4.55. The van der Waals surface area contributed by atoms with Crippen molar-refractivity contribution in [3.05, 3.63) is 58.1 Å². The summed E-state index contributed by atoms with van der Waals surface area (Å²) in [6.07, 6.45) is 5.47. The molecule has 2 bridgehead atoms. The fourth-order valence-corrected chi connectivity index (χ4v) is 5.69. The predicted molar refractivity (Wildman–Crippen MR) is 135 cm³/mol. The zero-order valence-electron chi connectivity index (χ0n) is 19.8. The molecule has 5 rings (SSSR count). The Hall–Kier alpha value is -2.52. The smallest absolute Gasteiger partial charge is 0.258 e. The maximum absolute atomic E-state index is 13.2. The molecule has 178 valence electrons. The lowest BCUT2D eigenvalue weighted by atomic mass is 9.96. The predicted octanol–water partition coefficient (Wildman–Crippen LogP) is 4.67. The van der Waals surface area contributed by atoms with Gasteiger partial charge < -0.3 is 19.6 Å². The maximum Gasteiger partial charge on any atom is 0.258 e. The van der Waals surface area contributed by atoms with E-state index in [-0.39, 0.29) is 12.0 Å². The lowest BCUT2D eigenvalue weighted by Gasteiger charge is -2.36. The van der Waals surface area contributed by atoms with Gasteiger partial charge in [-0.15, -0.1) is 0 Å². The highest BCUT2D eigenvalue weighted by Crippen LogP contribution is 2.38. The number of carbonyl (C=O) groups is 1. The number of benzene rings is 2. The summed E-state index contributed by atoms with van der Waals surface area (Å²) < 4.78 is 6.31. The molecule has 0 aliphatic carbocycles. The van der Waals surface area contributed by atoms with E-state index < -0.39 is 6.10 Å². The second-order valence-corrected chi connectivity index (χ2v) is 10.1. The summed E-state index contributed by atoms with van der Waals surface area (Å²) in [6, 6.07) is 12.5. The number of amides is 1. The van der Waals surface area contributed by atoms with Crippen molar-refractivity contribution < 1.29 is 14.6 Å². The normalized spacial score (nSPS) is 24.9. The lowest BCUT2D eigenvalue weighted by molar-refractivity contribution is 0.0662. The van der Waals surface area contributed by atoms with Crippen LogP contribution in [0, 0.1) is 11.8 Å². The molecule has 1 N–H and O–H groups in total. The fourth-order valence-electron chi connectivity index (χ4n) is 5.47. The molecular weight excluding hydrogens is 448 g/mol. The third-order valence-electron chi connectivity index (χ3n) is 7.53. The molecule has 4 atom stereocenters. The standard InChI is InChI=1S/C28H31ClN2O3/c1-3-23(32)9-4-18-5-10-25-19(14-18)12-13-31(28(25)33)22-8-11-27(26(29)17-22)34-24-15-20-6-7-21(16-24)30(20)2/h5,8,10-11,14,17,20-21,23-24,32H,3,6-7,12-13,15-16H2,1-2H3/t20-,21+,23?,24+. The van der Waals surface area contributed by atoms with Crippen LogP contribution in [0.25, 0.3) is 0 Å². The van der Waals surface area contributed by atoms with Gasteiger partial charge in [0.2, 0.25) is 0 Å². The zero-order chi connectivity index (χ0) is 23.8. The topological polar surface area (TPSA) is 53.0 Å². The molecular formula is C28H31ClN2O3. The number of rotatable bonds is 4. The van der Waals surface area contributed by atoms with Gasteiger partial charge in [-0.1, -0.05) is 30.4 Å². The molecule has 1 amide bonds. The monoisotopic (exact) mass is 478 g/mol. The molecule has 2 aromatic carbocycles. The van der Waals surface area contributed by atoms with Crippen molar-refractivity contribution in [3.8, 4) is 17.6 Å². The highest BCUT2D eigenvalue weighted by atomic mass is 35.5. The Morgan fingerprint density at radius 1 is 1.18 bits per heavy atom. The van der Waals surface area contributed by atoms with Gasteiger partial charge >= 0.3 is 0 Å². The number of aliphatic hydroxyl groups excluding tert-OH is 1. The van der Waals surface area contributed by atoms with E-state index >= 15 is 0 Å². The SMILES string of the molecule is CCC(O)C#Cc1ccc2c(c1)CCN(c1ccc(O[C@H]3C[C@H]4CC[C@@H](C3)N4C)c(Cl)c1)C2=O. The van der Waals surface area contributed by atoms with Gasteiger partial charge in [-0.2, -0.15) is 0 Å². The van der Waals surface area contributed by atoms with E-state index in [9.17, 15) is 9.90 Å². The van der Waals surface area contributed by atoms with E-state index in [1.165, 1.54) is 12.8 Å². The quantitative estimate of drug-likeness (QED) is 0.649. The summed E-state index contributed by atoms with van der Waals surface area (Å²) in [6.45, 7) is 2.47. The van der Waals surface area contributed by atoms with Gasteiger partial charge in [0, 0.05) is 35.4 Å². The summed E-state index contributed by atoms with van der Waals surface area (Å²) in [5.74, 6) is 6.50. The minimum Gasteiger partial charge on any atom is -0.489 e. The van der Waals surface area contributed by atoms with Gasteiger partial charge in [0.05, 0.1) is 5.02 Å². The molecule has 2 saturated heterocycles. The van der Waals surface area contributed by atoms with Crippen LogP contribution in [0.15, 0.2) is 36.4 Å². The molecule has 0 aromatic heterocycles. The molecule has 0 saturated carbocycles. The zero-order valence-corrected chi connectivity index (χ0v) is 20.5. The van der Waals surface area contributed by atoms with Crippen LogP contribution in [0.4, 0.5) is 5.69 Å². The van der Waals surface area contributed by atoms with E-state index in [0.29, 0.717) is 41.4 Å². The highest BCUT2D eigenvalue weighted by molar-refractivity contribution is 6.32. The molecule has 34 heavy (non-hydrogen) atoms. The van der Waals surface area contributed by atoms with Gasteiger partial charge in [0.25, 0.3) is 5.91 Å². The summed E-state index contributed by atoms with van der Waals surface area (Å²) in [7, 11) is 2.22. The minimum absolute atomic E-state index is 0.0361. The Morgan fingerprint density at radius 2 is 1.94 bits per heavy atom. The number of nitrogens with zero attached hydrogens (tertiary/aromatic N) is 2. The van der Waals surface area contributed by atoms with Crippen molar-refractivity contribution in [2.75, 3.05) is 18.5 Å². The maximum atomic E-state index is 13.2. The van der Waals surface area contributed by atoms with Crippen molar-refractivity contribution in [1.29, 1.82) is 0 Å². The molecule has 3 aliphatic heterocycles. The number of halogens is 1. The van der Waals surface area contributed by atoms with Gasteiger partial charge in [-0.05, 0) is 87.5 Å². The summed E-state index contributed by atoms with van der Waals surface area (Å²) in [5, 5.41) is 10.2. The van der Waals surface area contributed by atoms with Gasteiger partial charge in [-0.25, -0.2) is 0 Å². The molecule has 3 heterocycles. The van der Waals surface area contributed by atoms with Crippen LogP contribution in [0.5, 0.6) is 5.75 Å². The number of ether oxygens (including phenoxy) is 1. The Labute approximate surface area is 206 Å². The summed E-state index contributed by atoms with van der Waals surface area (Å²) in [5.41, 5.74) is 3.28. The van der Waals surface area contributed by atoms with Gasteiger partial charge in [0.15, 0.2) is 0 Å². The number of aliphatic hydroxyl groups is 1. The van der Waals surface area contributed by atoms with Crippen LogP contribution in [0.1, 0.15) is 60.5 Å². The number of carbonyl (C=O) groups excluding carboxylic acids is 1. The molecule has 1 unspecified atom stereocenters. The minimum atomic E-state index is -0.626. The Bertz CT molecular complexity index is 1140. The van der Waals surface area contributed by atoms with E-state index in [1.54, 1.807) is 4.90 Å². The van der Waals surface area contributed by atoms with E-state index in [0.717, 1.165) is 36.1 Å². The summed E-state index contributed by atoms with van der Waals surface area (Å²) >= 11 is 6.62. The molecule has 5 nitrogen and oxygen atoms in total. The van der Waals surface area contributed by atoms with Crippen LogP contribution < -0.4 is 9.64 Å².